The van der Waals surface area contributed by atoms with E-state index in [4.69, 9.17) is 9.63 Å². The molecule has 6 nitrogen and oxygen atoms in total. The fourth-order valence-corrected chi connectivity index (χ4v) is 2.74. The van der Waals surface area contributed by atoms with Crippen molar-refractivity contribution in [3.05, 3.63) is 11.8 Å². The molecule has 1 unspecified atom stereocenters. The summed E-state index contributed by atoms with van der Waals surface area (Å²) in [6.45, 7) is 5.58. The Labute approximate surface area is 125 Å². The molecule has 1 fully saturated rings. The number of hydrogen-bond donors (Lipinski definition) is 2. The fourth-order valence-electron chi connectivity index (χ4n) is 2.74. The number of nitrogens with zero attached hydrogens (tertiary/aromatic N) is 2. The molecule has 118 valence electrons. The first-order valence-corrected chi connectivity index (χ1v) is 7.71. The first kappa shape index (κ1) is 16.0. The molecule has 0 aliphatic carbocycles. The van der Waals surface area contributed by atoms with E-state index < -0.39 is 0 Å². The number of carbonyl (C=O) groups is 1. The molecule has 2 heterocycles. The number of nitrogens with one attached hydrogen (secondary N) is 1. The highest BCUT2D eigenvalue weighted by Crippen LogP contribution is 2.21. The van der Waals surface area contributed by atoms with Crippen molar-refractivity contribution in [1.82, 2.24) is 10.1 Å². The highest BCUT2D eigenvalue weighted by Gasteiger charge is 2.26. The van der Waals surface area contributed by atoms with Gasteiger partial charge in [-0.05, 0) is 38.1 Å². The molecule has 1 aliphatic heterocycles. The summed E-state index contributed by atoms with van der Waals surface area (Å²) in [5.41, 5.74) is 0.840. The Morgan fingerprint density at radius 3 is 3.10 bits per heavy atom. The van der Waals surface area contributed by atoms with Gasteiger partial charge in [0.1, 0.15) is 0 Å². The lowest BCUT2D eigenvalue weighted by atomic mass is 10.1. The van der Waals surface area contributed by atoms with Gasteiger partial charge in [-0.2, -0.15) is 0 Å². The number of anilines is 1. The van der Waals surface area contributed by atoms with Crippen LogP contribution in [0.4, 0.5) is 5.88 Å². The smallest absolute Gasteiger partial charge is 0.240 e. The second-order valence-corrected chi connectivity index (χ2v) is 5.95. The van der Waals surface area contributed by atoms with Crippen molar-refractivity contribution >= 4 is 11.8 Å². The van der Waals surface area contributed by atoms with Crippen LogP contribution in [0.2, 0.25) is 0 Å². The van der Waals surface area contributed by atoms with Crippen molar-refractivity contribution in [2.24, 2.45) is 0 Å². The monoisotopic (exact) mass is 295 g/mol. The van der Waals surface area contributed by atoms with Gasteiger partial charge in [0.05, 0.1) is 12.2 Å². The molecule has 0 spiro atoms. The molecule has 21 heavy (non-hydrogen) atoms. The van der Waals surface area contributed by atoms with Gasteiger partial charge < -0.3 is 9.63 Å². The SMILES string of the molecule is CC(C)c1cc(NC(=O)CN2CCCC2CCCO)on1. The maximum Gasteiger partial charge on any atom is 0.240 e. The number of aliphatic hydroxyl groups excluding tert-OH is 1. The number of hydrogen-bond acceptors (Lipinski definition) is 5. The normalized spacial score (nSPS) is 19.3. The summed E-state index contributed by atoms with van der Waals surface area (Å²) in [6.07, 6.45) is 3.96. The van der Waals surface area contributed by atoms with E-state index in [1.54, 1.807) is 6.07 Å². The van der Waals surface area contributed by atoms with Gasteiger partial charge in [-0.3, -0.25) is 15.0 Å². The number of aromatic nitrogens is 1. The number of amides is 1. The van der Waals surface area contributed by atoms with E-state index in [9.17, 15) is 4.79 Å². The fraction of sp³-hybridized carbons (Fsp3) is 0.733. The van der Waals surface area contributed by atoms with Gasteiger partial charge >= 0.3 is 0 Å². The summed E-state index contributed by atoms with van der Waals surface area (Å²) in [6, 6.07) is 2.18. The maximum absolute atomic E-state index is 12.1. The largest absolute Gasteiger partial charge is 0.396 e. The second-order valence-electron chi connectivity index (χ2n) is 5.95. The van der Waals surface area contributed by atoms with Crippen LogP contribution in [0.3, 0.4) is 0 Å². The lowest BCUT2D eigenvalue weighted by Crippen LogP contribution is -2.36. The Morgan fingerprint density at radius 2 is 2.43 bits per heavy atom. The Kier molecular flexibility index (Phi) is 5.76. The molecule has 0 saturated carbocycles. The third-order valence-corrected chi connectivity index (χ3v) is 3.92. The van der Waals surface area contributed by atoms with Crippen molar-refractivity contribution in [3.8, 4) is 0 Å². The third kappa shape index (κ3) is 4.54. The van der Waals surface area contributed by atoms with E-state index in [-0.39, 0.29) is 18.4 Å². The van der Waals surface area contributed by atoms with Crippen LogP contribution in [0.25, 0.3) is 0 Å². The number of aliphatic hydroxyl groups is 1. The summed E-state index contributed by atoms with van der Waals surface area (Å²) >= 11 is 0. The number of rotatable bonds is 7. The van der Waals surface area contributed by atoms with Crippen LogP contribution < -0.4 is 5.32 Å². The van der Waals surface area contributed by atoms with Crippen molar-refractivity contribution in [1.29, 1.82) is 0 Å². The van der Waals surface area contributed by atoms with Crippen molar-refractivity contribution in [3.63, 3.8) is 0 Å². The molecule has 1 aliphatic rings. The Bertz CT molecular complexity index is 459. The molecule has 1 amide bonds. The van der Waals surface area contributed by atoms with Gasteiger partial charge in [0.25, 0.3) is 0 Å². The lowest BCUT2D eigenvalue weighted by Gasteiger charge is -2.23. The van der Waals surface area contributed by atoms with Crippen LogP contribution in [-0.2, 0) is 4.79 Å². The molecule has 1 saturated heterocycles. The van der Waals surface area contributed by atoms with Crippen molar-refractivity contribution in [2.75, 3.05) is 25.0 Å². The average molecular weight is 295 g/mol. The van der Waals surface area contributed by atoms with E-state index in [0.717, 1.165) is 37.9 Å². The maximum atomic E-state index is 12.1. The predicted molar refractivity (Wildman–Crippen MR) is 80.1 cm³/mol. The Hall–Kier alpha value is -1.40. The Balaban J connectivity index is 1.83. The van der Waals surface area contributed by atoms with Crippen LogP contribution in [0.1, 0.15) is 51.1 Å². The number of likely N-dealkylation sites (tertiary alicyclic amines) is 1. The summed E-state index contributed by atoms with van der Waals surface area (Å²) < 4.78 is 5.12. The minimum Gasteiger partial charge on any atom is -0.396 e. The average Bonchev–Trinajstić information content (AvgIpc) is 3.06. The molecule has 6 heteroatoms. The van der Waals surface area contributed by atoms with E-state index in [0.29, 0.717) is 18.5 Å². The van der Waals surface area contributed by atoms with Gasteiger partial charge in [0.2, 0.25) is 11.8 Å². The van der Waals surface area contributed by atoms with Gasteiger partial charge in [-0.1, -0.05) is 19.0 Å². The number of carbonyl (C=O) groups excluding carboxylic acids is 1. The van der Waals surface area contributed by atoms with E-state index in [1.807, 2.05) is 13.8 Å². The first-order valence-electron chi connectivity index (χ1n) is 7.71. The quantitative estimate of drug-likeness (QED) is 0.804. The van der Waals surface area contributed by atoms with Crippen LogP contribution in [0.15, 0.2) is 10.6 Å². The van der Waals surface area contributed by atoms with Crippen molar-refractivity contribution in [2.45, 2.75) is 51.5 Å². The van der Waals surface area contributed by atoms with Crippen LogP contribution in [0, 0.1) is 0 Å². The van der Waals surface area contributed by atoms with Gasteiger partial charge in [-0.25, -0.2) is 0 Å². The highest BCUT2D eigenvalue weighted by atomic mass is 16.5. The topological polar surface area (TPSA) is 78.6 Å². The molecule has 0 bridgehead atoms. The van der Waals surface area contributed by atoms with Gasteiger partial charge in [-0.15, -0.1) is 0 Å². The minimum absolute atomic E-state index is 0.0719. The zero-order chi connectivity index (χ0) is 15.2. The van der Waals surface area contributed by atoms with E-state index >= 15 is 0 Å². The zero-order valence-corrected chi connectivity index (χ0v) is 12.8. The summed E-state index contributed by atoms with van der Waals surface area (Å²) in [7, 11) is 0. The van der Waals surface area contributed by atoms with Gasteiger partial charge in [0, 0.05) is 18.7 Å². The molecule has 2 rings (SSSR count). The molecule has 1 aromatic rings. The molecule has 1 aromatic heterocycles. The summed E-state index contributed by atoms with van der Waals surface area (Å²) in [5.74, 6) is 0.619. The van der Waals surface area contributed by atoms with Crippen LogP contribution in [-0.4, -0.2) is 46.8 Å². The molecular formula is C15H25N3O3. The Morgan fingerprint density at radius 1 is 1.62 bits per heavy atom. The third-order valence-electron chi connectivity index (χ3n) is 3.92. The van der Waals surface area contributed by atoms with Gasteiger partial charge in [0.15, 0.2) is 0 Å². The molecule has 2 N–H and O–H groups in total. The summed E-state index contributed by atoms with van der Waals surface area (Å²) in [4.78, 5) is 14.3. The molecule has 0 radical (unpaired) electrons. The van der Waals surface area contributed by atoms with Crippen molar-refractivity contribution < 1.29 is 14.4 Å². The minimum atomic E-state index is -0.0719. The highest BCUT2D eigenvalue weighted by molar-refractivity contribution is 5.91. The molecule has 0 aromatic carbocycles. The van der Waals surface area contributed by atoms with E-state index in [2.05, 4.69) is 15.4 Å². The zero-order valence-electron chi connectivity index (χ0n) is 12.8. The van der Waals surface area contributed by atoms with Crippen LogP contribution >= 0.6 is 0 Å². The van der Waals surface area contributed by atoms with E-state index in [1.165, 1.54) is 0 Å². The first-order chi connectivity index (χ1) is 10.1. The summed E-state index contributed by atoms with van der Waals surface area (Å²) in [5, 5.41) is 15.6. The predicted octanol–water partition coefficient (Wildman–Crippen LogP) is 1.97. The van der Waals surface area contributed by atoms with Crippen LogP contribution in [0.5, 0.6) is 0 Å². The standard InChI is InChI=1S/C15H25N3O3/c1-11(2)13-9-15(21-17-13)16-14(20)10-18-7-3-5-12(18)6-4-8-19/h9,11-12,19H,3-8,10H2,1-2H3,(H,16,20). The molecular weight excluding hydrogens is 270 g/mol. The second kappa shape index (κ2) is 7.56. The molecule has 1 atom stereocenters. The lowest BCUT2D eigenvalue weighted by molar-refractivity contribution is -0.117.